The summed E-state index contributed by atoms with van der Waals surface area (Å²) in [4.78, 5) is 30.0. The lowest BCUT2D eigenvalue weighted by Gasteiger charge is -2.33. The van der Waals surface area contributed by atoms with Crippen LogP contribution in [0.1, 0.15) is 41.9 Å². The smallest absolute Gasteiger partial charge is 0.293 e. The van der Waals surface area contributed by atoms with Crippen LogP contribution in [0.2, 0.25) is 0 Å². The van der Waals surface area contributed by atoms with E-state index in [1.165, 1.54) is 25.1 Å². The summed E-state index contributed by atoms with van der Waals surface area (Å²) in [6.07, 6.45) is 7.68. The van der Waals surface area contributed by atoms with Gasteiger partial charge in [0.25, 0.3) is 5.69 Å². The summed E-state index contributed by atoms with van der Waals surface area (Å²) in [5, 5.41) is 15.3. The van der Waals surface area contributed by atoms with E-state index in [1.807, 2.05) is 0 Å². The Labute approximate surface area is 157 Å². The van der Waals surface area contributed by atoms with Crippen molar-refractivity contribution in [1.82, 2.24) is 14.9 Å². The van der Waals surface area contributed by atoms with Gasteiger partial charge in [-0.1, -0.05) is 0 Å². The molecule has 0 bridgehead atoms. The molecule has 0 unspecified atom stereocenters. The number of carbonyl (C=O) groups excluding carboxylic acids is 1. The molecule has 1 saturated heterocycles. The van der Waals surface area contributed by atoms with E-state index >= 15 is 0 Å². The normalized spacial score (nSPS) is 17.9. The van der Waals surface area contributed by atoms with E-state index in [9.17, 15) is 14.9 Å². The second-order valence-electron chi connectivity index (χ2n) is 7.35. The minimum Gasteiger partial charge on any atom is -0.366 e. The molecular formula is C19H23N5O3. The summed E-state index contributed by atoms with van der Waals surface area (Å²) in [7, 11) is 1.73. The van der Waals surface area contributed by atoms with E-state index in [-0.39, 0.29) is 22.9 Å². The molecule has 0 amide bonds. The molecular weight excluding hydrogens is 346 g/mol. The van der Waals surface area contributed by atoms with Gasteiger partial charge in [-0.05, 0) is 37.8 Å². The van der Waals surface area contributed by atoms with Gasteiger partial charge in [0.15, 0.2) is 5.82 Å². The molecule has 142 valence electrons. The van der Waals surface area contributed by atoms with E-state index in [2.05, 4.69) is 15.2 Å². The van der Waals surface area contributed by atoms with Crippen LogP contribution in [0.3, 0.4) is 0 Å². The molecule has 0 spiro atoms. The molecule has 1 aromatic heterocycles. The number of nitro benzene ring substituents is 1. The number of ketones is 1. The van der Waals surface area contributed by atoms with Crippen LogP contribution in [0.25, 0.3) is 0 Å². The highest BCUT2D eigenvalue weighted by atomic mass is 16.6. The van der Waals surface area contributed by atoms with Gasteiger partial charge in [0.2, 0.25) is 5.78 Å². The van der Waals surface area contributed by atoms with Crippen LogP contribution in [0, 0.1) is 10.1 Å². The molecule has 8 nitrogen and oxygen atoms in total. The molecule has 2 aromatic rings. The molecule has 1 aromatic carbocycles. The van der Waals surface area contributed by atoms with Gasteiger partial charge in [0, 0.05) is 56.2 Å². The number of aromatic nitrogens is 2. The molecule has 8 heteroatoms. The molecule has 0 radical (unpaired) electrons. The maximum Gasteiger partial charge on any atom is 0.293 e. The monoisotopic (exact) mass is 369 g/mol. The first-order valence-corrected chi connectivity index (χ1v) is 9.34. The van der Waals surface area contributed by atoms with Crippen molar-refractivity contribution in [2.75, 3.05) is 18.0 Å². The van der Waals surface area contributed by atoms with Crippen LogP contribution >= 0.6 is 0 Å². The van der Waals surface area contributed by atoms with Crippen LogP contribution < -0.4 is 10.2 Å². The molecule has 2 fully saturated rings. The molecule has 4 rings (SSSR count). The highest BCUT2D eigenvalue weighted by Gasteiger charge is 2.29. The zero-order valence-corrected chi connectivity index (χ0v) is 15.3. The number of nitrogens with zero attached hydrogens (tertiary/aromatic N) is 4. The third-order valence-electron chi connectivity index (χ3n) is 5.34. The number of imidazole rings is 1. The van der Waals surface area contributed by atoms with Gasteiger partial charge >= 0.3 is 0 Å². The fraction of sp³-hybridized carbons (Fsp3) is 0.474. The lowest BCUT2D eigenvalue weighted by atomic mass is 10.0. The molecule has 1 N–H and O–H groups in total. The highest BCUT2D eigenvalue weighted by Crippen LogP contribution is 2.32. The van der Waals surface area contributed by atoms with Crippen LogP contribution in [-0.4, -0.2) is 45.4 Å². The molecule has 2 aliphatic rings. The number of hydrogen-bond acceptors (Lipinski definition) is 6. The summed E-state index contributed by atoms with van der Waals surface area (Å²) >= 11 is 0. The maximum absolute atomic E-state index is 12.6. The quantitative estimate of drug-likeness (QED) is 0.477. The molecule has 0 atom stereocenters. The Bertz CT molecular complexity index is 866. The van der Waals surface area contributed by atoms with Crippen molar-refractivity contribution >= 4 is 17.2 Å². The molecule has 27 heavy (non-hydrogen) atoms. The minimum absolute atomic E-state index is 0.0244. The molecule has 2 heterocycles. The van der Waals surface area contributed by atoms with Crippen molar-refractivity contribution in [1.29, 1.82) is 0 Å². The fourth-order valence-corrected chi connectivity index (χ4v) is 3.66. The van der Waals surface area contributed by atoms with Crippen molar-refractivity contribution < 1.29 is 9.72 Å². The second kappa shape index (κ2) is 7.11. The third kappa shape index (κ3) is 3.71. The maximum atomic E-state index is 12.6. The zero-order valence-electron chi connectivity index (χ0n) is 15.3. The van der Waals surface area contributed by atoms with Crippen molar-refractivity contribution in [3.8, 4) is 0 Å². The van der Waals surface area contributed by atoms with Crippen LogP contribution in [0.5, 0.6) is 0 Å². The Kier molecular flexibility index (Phi) is 4.65. The minimum atomic E-state index is -0.404. The number of carbonyl (C=O) groups is 1. The summed E-state index contributed by atoms with van der Waals surface area (Å²) in [6.45, 7) is 1.55. The number of benzene rings is 1. The van der Waals surface area contributed by atoms with E-state index in [1.54, 1.807) is 29.9 Å². The molecule has 1 aliphatic heterocycles. The Morgan fingerprint density at radius 3 is 2.52 bits per heavy atom. The van der Waals surface area contributed by atoms with Gasteiger partial charge in [-0.3, -0.25) is 14.9 Å². The number of nitrogens with one attached hydrogen (secondary N) is 1. The summed E-state index contributed by atoms with van der Waals surface area (Å²) in [6, 6.07) is 5.90. The van der Waals surface area contributed by atoms with Crippen LogP contribution in [-0.2, 0) is 7.05 Å². The summed E-state index contributed by atoms with van der Waals surface area (Å²) in [5.74, 6) is -0.0477. The number of anilines is 1. The van der Waals surface area contributed by atoms with Crippen LogP contribution in [0.4, 0.5) is 11.4 Å². The summed E-state index contributed by atoms with van der Waals surface area (Å²) in [5.41, 5.74) is 0.843. The number of rotatable bonds is 6. The van der Waals surface area contributed by atoms with Gasteiger partial charge in [0.05, 0.1) is 4.92 Å². The third-order valence-corrected chi connectivity index (χ3v) is 5.34. The Hall–Kier alpha value is -2.74. The average molecular weight is 369 g/mol. The first-order chi connectivity index (χ1) is 13.0. The van der Waals surface area contributed by atoms with Gasteiger partial charge in [0.1, 0.15) is 5.69 Å². The SMILES string of the molecule is Cn1ccnc1C(=O)c1ccc(N2CCC(NC3CC3)CC2)c([N+](=O)[O-])c1. The van der Waals surface area contributed by atoms with Gasteiger partial charge in [-0.25, -0.2) is 4.98 Å². The van der Waals surface area contributed by atoms with Crippen molar-refractivity contribution in [2.24, 2.45) is 7.05 Å². The predicted octanol–water partition coefficient (Wildman–Crippen LogP) is 2.28. The molecule has 1 saturated carbocycles. The van der Waals surface area contributed by atoms with Gasteiger partial charge < -0.3 is 14.8 Å². The van der Waals surface area contributed by atoms with E-state index < -0.39 is 4.92 Å². The second-order valence-corrected chi connectivity index (χ2v) is 7.35. The predicted molar refractivity (Wildman–Crippen MR) is 101 cm³/mol. The van der Waals surface area contributed by atoms with E-state index in [4.69, 9.17) is 0 Å². The lowest BCUT2D eigenvalue weighted by molar-refractivity contribution is -0.384. The molecule has 1 aliphatic carbocycles. The topological polar surface area (TPSA) is 93.3 Å². The Balaban J connectivity index is 1.54. The zero-order chi connectivity index (χ0) is 19.0. The fourth-order valence-electron chi connectivity index (χ4n) is 3.66. The van der Waals surface area contributed by atoms with E-state index in [0.29, 0.717) is 17.8 Å². The number of hydrogen-bond donors (Lipinski definition) is 1. The number of nitro groups is 1. The highest BCUT2D eigenvalue weighted by molar-refractivity contribution is 6.07. The Morgan fingerprint density at radius 1 is 1.22 bits per heavy atom. The van der Waals surface area contributed by atoms with Crippen molar-refractivity contribution in [3.05, 3.63) is 52.1 Å². The first-order valence-electron chi connectivity index (χ1n) is 9.34. The lowest BCUT2D eigenvalue weighted by Crippen LogP contribution is -2.43. The van der Waals surface area contributed by atoms with Gasteiger partial charge in [-0.2, -0.15) is 0 Å². The average Bonchev–Trinajstić information content (AvgIpc) is 3.39. The van der Waals surface area contributed by atoms with Crippen LogP contribution in [0.15, 0.2) is 30.6 Å². The largest absolute Gasteiger partial charge is 0.366 e. The van der Waals surface area contributed by atoms with Gasteiger partial charge in [-0.15, -0.1) is 0 Å². The Morgan fingerprint density at radius 2 is 1.93 bits per heavy atom. The number of piperidine rings is 1. The number of aryl methyl sites for hydroxylation is 1. The standard InChI is InChI=1S/C19H23N5O3/c1-22-11-8-20-19(22)18(25)13-2-5-16(17(12-13)24(26)27)23-9-6-15(7-10-23)21-14-3-4-14/h2,5,8,11-12,14-15,21H,3-4,6-7,9-10H2,1H3. The van der Waals surface area contributed by atoms with Crippen molar-refractivity contribution in [2.45, 2.75) is 37.8 Å². The first kappa shape index (κ1) is 17.7. The van der Waals surface area contributed by atoms with E-state index in [0.717, 1.165) is 25.9 Å². The summed E-state index contributed by atoms with van der Waals surface area (Å²) < 4.78 is 1.61. The van der Waals surface area contributed by atoms with Crippen molar-refractivity contribution in [3.63, 3.8) is 0 Å².